The number of aryl methyl sites for hydroxylation is 1. The van der Waals surface area contributed by atoms with Crippen LogP contribution in [0.4, 0.5) is 0 Å². The van der Waals surface area contributed by atoms with Crippen LogP contribution in [-0.4, -0.2) is 5.11 Å². The van der Waals surface area contributed by atoms with Crippen molar-refractivity contribution in [2.75, 3.05) is 0 Å². The molecule has 0 heterocycles. The quantitative estimate of drug-likeness (QED) is 0.799. The van der Waals surface area contributed by atoms with Crippen molar-refractivity contribution in [3.63, 3.8) is 0 Å². The molecule has 0 atom stereocenters. The van der Waals surface area contributed by atoms with Gasteiger partial charge < -0.3 is 5.11 Å². The zero-order chi connectivity index (χ0) is 12.4. The summed E-state index contributed by atoms with van der Waals surface area (Å²) < 4.78 is 0. The van der Waals surface area contributed by atoms with Crippen molar-refractivity contribution >= 4 is 0 Å². The van der Waals surface area contributed by atoms with E-state index in [1.807, 2.05) is 31.2 Å². The Hall–Kier alpha value is -1.76. The van der Waals surface area contributed by atoms with Gasteiger partial charge in [-0.25, -0.2) is 0 Å². The Morgan fingerprint density at radius 3 is 2.24 bits per heavy atom. The maximum absolute atomic E-state index is 10.1. The number of rotatable bonds is 2. The third kappa shape index (κ3) is 2.33. The molecule has 1 nitrogen and oxygen atoms in total. The lowest BCUT2D eigenvalue weighted by Gasteiger charge is -2.16. The molecule has 2 rings (SSSR count). The summed E-state index contributed by atoms with van der Waals surface area (Å²) in [7, 11) is 0. The van der Waals surface area contributed by atoms with Crippen LogP contribution >= 0.6 is 0 Å². The van der Waals surface area contributed by atoms with Gasteiger partial charge in [0.1, 0.15) is 5.75 Å². The van der Waals surface area contributed by atoms with E-state index in [0.717, 1.165) is 22.3 Å². The predicted molar refractivity (Wildman–Crippen MR) is 72.4 cm³/mol. The average Bonchev–Trinajstić information content (AvgIpc) is 2.28. The Kier molecular flexibility index (Phi) is 3.19. The Bertz CT molecular complexity index is 513. The van der Waals surface area contributed by atoms with E-state index in [4.69, 9.17) is 0 Å². The van der Waals surface area contributed by atoms with Crippen LogP contribution < -0.4 is 0 Å². The second-order valence-electron chi connectivity index (χ2n) is 4.77. The first-order chi connectivity index (χ1) is 8.09. The highest BCUT2D eigenvalue weighted by Gasteiger charge is 2.13. The average molecular weight is 226 g/mol. The predicted octanol–water partition coefficient (Wildman–Crippen LogP) is 4.49. The Morgan fingerprint density at radius 2 is 1.65 bits per heavy atom. The molecule has 2 aromatic carbocycles. The zero-order valence-corrected chi connectivity index (χ0v) is 10.6. The number of phenols is 1. The number of benzene rings is 2. The molecule has 0 aliphatic rings. The Balaban J connectivity index is 2.68. The summed E-state index contributed by atoms with van der Waals surface area (Å²) in [6.07, 6.45) is 0. The fourth-order valence-electron chi connectivity index (χ4n) is 2.24. The molecule has 0 unspecified atom stereocenters. The summed E-state index contributed by atoms with van der Waals surface area (Å²) in [6.45, 7) is 6.23. The molecule has 0 saturated carbocycles. The molecule has 0 fully saturated rings. The third-order valence-corrected chi connectivity index (χ3v) is 2.96. The van der Waals surface area contributed by atoms with E-state index in [0.29, 0.717) is 11.7 Å². The van der Waals surface area contributed by atoms with Crippen molar-refractivity contribution in [3.05, 3.63) is 53.6 Å². The summed E-state index contributed by atoms with van der Waals surface area (Å²) in [5.74, 6) is 0.713. The first-order valence-electron chi connectivity index (χ1n) is 5.98. The lowest BCUT2D eigenvalue weighted by atomic mass is 9.90. The van der Waals surface area contributed by atoms with Gasteiger partial charge in [0.2, 0.25) is 0 Å². The van der Waals surface area contributed by atoms with Gasteiger partial charge in [-0.15, -0.1) is 0 Å². The van der Waals surface area contributed by atoms with Gasteiger partial charge in [-0.2, -0.15) is 0 Å². The van der Waals surface area contributed by atoms with Gasteiger partial charge in [-0.05, 0) is 35.6 Å². The number of aromatic hydroxyl groups is 1. The van der Waals surface area contributed by atoms with Gasteiger partial charge in [-0.1, -0.05) is 50.2 Å². The summed E-state index contributed by atoms with van der Waals surface area (Å²) in [4.78, 5) is 0. The van der Waals surface area contributed by atoms with Crippen LogP contribution in [0.5, 0.6) is 5.75 Å². The topological polar surface area (TPSA) is 20.2 Å². The fraction of sp³-hybridized carbons (Fsp3) is 0.250. The first kappa shape index (κ1) is 11.7. The Morgan fingerprint density at radius 1 is 1.00 bits per heavy atom. The minimum atomic E-state index is 0.311. The van der Waals surface area contributed by atoms with Crippen molar-refractivity contribution in [2.45, 2.75) is 26.7 Å². The van der Waals surface area contributed by atoms with E-state index in [1.54, 1.807) is 0 Å². The minimum absolute atomic E-state index is 0.311. The number of hydrogen-bond acceptors (Lipinski definition) is 1. The van der Waals surface area contributed by atoms with Crippen LogP contribution in [0, 0.1) is 6.92 Å². The molecular formula is C16H18O. The monoisotopic (exact) mass is 226 g/mol. The van der Waals surface area contributed by atoms with Crippen molar-refractivity contribution < 1.29 is 5.11 Å². The molecule has 0 amide bonds. The van der Waals surface area contributed by atoms with Crippen molar-refractivity contribution in [3.8, 4) is 16.9 Å². The van der Waals surface area contributed by atoms with Gasteiger partial charge >= 0.3 is 0 Å². The smallest absolute Gasteiger partial charge is 0.119 e. The molecule has 0 bridgehead atoms. The minimum Gasteiger partial charge on any atom is -0.508 e. The molecule has 0 aliphatic heterocycles. The maximum Gasteiger partial charge on any atom is 0.119 e. The van der Waals surface area contributed by atoms with E-state index in [-0.39, 0.29) is 0 Å². The van der Waals surface area contributed by atoms with E-state index in [9.17, 15) is 5.11 Å². The molecule has 0 saturated heterocycles. The molecular weight excluding hydrogens is 208 g/mol. The van der Waals surface area contributed by atoms with Gasteiger partial charge in [-0.3, -0.25) is 0 Å². The normalized spacial score (nSPS) is 10.8. The lowest BCUT2D eigenvalue weighted by Crippen LogP contribution is -1.94. The molecule has 88 valence electrons. The summed E-state index contributed by atoms with van der Waals surface area (Å²) in [5.41, 5.74) is 4.42. The van der Waals surface area contributed by atoms with E-state index < -0.39 is 0 Å². The van der Waals surface area contributed by atoms with Crippen molar-refractivity contribution in [1.82, 2.24) is 0 Å². The second kappa shape index (κ2) is 4.62. The van der Waals surface area contributed by atoms with Crippen LogP contribution in [0.15, 0.2) is 42.5 Å². The Labute approximate surface area is 103 Å². The standard InChI is InChI=1S/C16H18O/c1-11(2)16-14(9-12(3)10-15(16)17)13-7-5-4-6-8-13/h4-11,17H,1-3H3. The maximum atomic E-state index is 10.1. The highest BCUT2D eigenvalue weighted by atomic mass is 16.3. The van der Waals surface area contributed by atoms with Crippen LogP contribution in [0.25, 0.3) is 11.1 Å². The third-order valence-electron chi connectivity index (χ3n) is 2.96. The molecule has 1 heteroatoms. The number of phenolic OH excluding ortho intramolecular Hbond substituents is 1. The van der Waals surface area contributed by atoms with Gasteiger partial charge in [0.25, 0.3) is 0 Å². The van der Waals surface area contributed by atoms with Crippen LogP contribution in [0.2, 0.25) is 0 Å². The molecule has 2 aromatic rings. The molecule has 0 aliphatic carbocycles. The summed E-state index contributed by atoms with van der Waals surface area (Å²) in [5, 5.41) is 10.1. The van der Waals surface area contributed by atoms with Crippen LogP contribution in [0.3, 0.4) is 0 Å². The number of hydrogen-bond donors (Lipinski definition) is 1. The van der Waals surface area contributed by atoms with Gasteiger partial charge in [0.15, 0.2) is 0 Å². The first-order valence-corrected chi connectivity index (χ1v) is 5.98. The molecule has 17 heavy (non-hydrogen) atoms. The highest BCUT2D eigenvalue weighted by molar-refractivity contribution is 5.71. The molecule has 0 radical (unpaired) electrons. The van der Waals surface area contributed by atoms with Crippen LogP contribution in [-0.2, 0) is 0 Å². The molecule has 0 spiro atoms. The van der Waals surface area contributed by atoms with E-state index in [2.05, 4.69) is 32.0 Å². The van der Waals surface area contributed by atoms with Gasteiger partial charge in [0, 0.05) is 5.56 Å². The highest BCUT2D eigenvalue weighted by Crippen LogP contribution is 2.36. The van der Waals surface area contributed by atoms with Crippen LogP contribution in [0.1, 0.15) is 30.9 Å². The zero-order valence-electron chi connectivity index (χ0n) is 10.6. The molecule has 0 aromatic heterocycles. The van der Waals surface area contributed by atoms with E-state index in [1.165, 1.54) is 0 Å². The van der Waals surface area contributed by atoms with E-state index >= 15 is 0 Å². The van der Waals surface area contributed by atoms with Crippen molar-refractivity contribution in [1.29, 1.82) is 0 Å². The van der Waals surface area contributed by atoms with Gasteiger partial charge in [0.05, 0.1) is 0 Å². The lowest BCUT2D eigenvalue weighted by molar-refractivity contribution is 0.465. The fourth-order valence-corrected chi connectivity index (χ4v) is 2.24. The largest absolute Gasteiger partial charge is 0.508 e. The molecule has 1 N–H and O–H groups in total. The summed E-state index contributed by atoms with van der Waals surface area (Å²) >= 11 is 0. The SMILES string of the molecule is Cc1cc(O)c(C(C)C)c(-c2ccccc2)c1. The van der Waals surface area contributed by atoms with Crippen molar-refractivity contribution in [2.24, 2.45) is 0 Å². The summed E-state index contributed by atoms with van der Waals surface area (Å²) in [6, 6.07) is 14.2. The second-order valence-corrected chi connectivity index (χ2v) is 4.77.